The third-order valence-corrected chi connectivity index (χ3v) is 11.3. The van der Waals surface area contributed by atoms with Gasteiger partial charge in [0, 0.05) is 12.7 Å². The van der Waals surface area contributed by atoms with Crippen LogP contribution in [0.5, 0.6) is 5.75 Å². The minimum Gasteiger partial charge on any atom is -0.467 e. The average Bonchev–Trinajstić information content (AvgIpc) is 2.63. The van der Waals surface area contributed by atoms with Crippen LogP contribution in [0.2, 0.25) is 19.1 Å². The SMILES string of the molecule is CCCC[Si](C)(C)c1ccc(OCOC)c(C23CC4CC(CC(C4)C2)C3)c1. The Bertz CT molecular complexity index is 631. The fraction of sp³-hybridized carbons (Fsp3) is 0.750. The van der Waals surface area contributed by atoms with Crippen LogP contribution in [0, 0.1) is 17.8 Å². The summed E-state index contributed by atoms with van der Waals surface area (Å²) in [7, 11) is 0.335. The van der Waals surface area contributed by atoms with Crippen molar-refractivity contribution in [2.45, 2.75) is 82.8 Å². The standard InChI is InChI=1S/C24H38O2Si/c1-5-6-9-27(3,4)21-7-8-23(26-17-25-2)22(13-21)24-14-18-10-19(15-24)12-20(11-18)16-24/h7-8,13,18-20H,5-6,9-12,14-17H2,1-4H3. The topological polar surface area (TPSA) is 18.5 Å². The molecule has 4 fully saturated rings. The van der Waals surface area contributed by atoms with Gasteiger partial charge < -0.3 is 9.47 Å². The Morgan fingerprint density at radius 2 is 1.67 bits per heavy atom. The van der Waals surface area contributed by atoms with Gasteiger partial charge in [-0.1, -0.05) is 56.2 Å². The van der Waals surface area contributed by atoms with E-state index in [-0.39, 0.29) is 0 Å². The van der Waals surface area contributed by atoms with Crippen LogP contribution in [0.1, 0.15) is 63.9 Å². The molecule has 1 aromatic rings. The molecule has 0 unspecified atom stereocenters. The second-order valence-electron chi connectivity index (χ2n) is 10.4. The highest BCUT2D eigenvalue weighted by Gasteiger charge is 2.52. The zero-order valence-corrected chi connectivity index (χ0v) is 18.9. The lowest BCUT2D eigenvalue weighted by molar-refractivity contribution is -0.00878. The first-order valence-electron chi connectivity index (χ1n) is 11.2. The molecule has 3 heteroatoms. The van der Waals surface area contributed by atoms with Crippen molar-refractivity contribution < 1.29 is 9.47 Å². The predicted molar refractivity (Wildman–Crippen MR) is 116 cm³/mol. The van der Waals surface area contributed by atoms with Gasteiger partial charge in [-0.3, -0.25) is 0 Å². The lowest BCUT2D eigenvalue weighted by Gasteiger charge is -2.57. The number of methoxy groups -OCH3 is 1. The van der Waals surface area contributed by atoms with Crippen LogP contribution in [0.25, 0.3) is 0 Å². The van der Waals surface area contributed by atoms with E-state index < -0.39 is 8.07 Å². The van der Waals surface area contributed by atoms with Crippen LogP contribution in [0.3, 0.4) is 0 Å². The minimum absolute atomic E-state index is 0.357. The highest BCUT2D eigenvalue weighted by Crippen LogP contribution is 2.61. The molecular weight excluding hydrogens is 348 g/mol. The van der Waals surface area contributed by atoms with Gasteiger partial charge in [-0.2, -0.15) is 0 Å². The Balaban J connectivity index is 1.71. The quantitative estimate of drug-likeness (QED) is 0.412. The number of hydrogen-bond donors (Lipinski definition) is 0. The van der Waals surface area contributed by atoms with Crippen molar-refractivity contribution in [3.05, 3.63) is 23.8 Å². The third-order valence-electron chi connectivity index (χ3n) is 7.86. The highest BCUT2D eigenvalue weighted by atomic mass is 28.3. The molecule has 0 radical (unpaired) electrons. The van der Waals surface area contributed by atoms with Crippen LogP contribution < -0.4 is 9.92 Å². The normalized spacial score (nSPS) is 32.1. The summed E-state index contributed by atoms with van der Waals surface area (Å²) in [6.45, 7) is 7.77. The number of benzene rings is 1. The zero-order chi connectivity index (χ0) is 19.1. The molecule has 1 aromatic carbocycles. The van der Waals surface area contributed by atoms with E-state index in [0.29, 0.717) is 12.2 Å². The van der Waals surface area contributed by atoms with Gasteiger partial charge in [-0.05, 0) is 67.8 Å². The van der Waals surface area contributed by atoms with Crippen molar-refractivity contribution in [3.8, 4) is 5.75 Å². The fourth-order valence-corrected chi connectivity index (χ4v) is 9.41. The maximum Gasteiger partial charge on any atom is 0.188 e. The van der Waals surface area contributed by atoms with Gasteiger partial charge in [-0.15, -0.1) is 0 Å². The Kier molecular flexibility index (Phi) is 5.46. The van der Waals surface area contributed by atoms with Gasteiger partial charge in [0.05, 0.1) is 8.07 Å². The van der Waals surface area contributed by atoms with Crippen molar-refractivity contribution in [2.24, 2.45) is 17.8 Å². The Morgan fingerprint density at radius 1 is 1.04 bits per heavy atom. The molecule has 0 spiro atoms. The first-order valence-corrected chi connectivity index (χ1v) is 14.4. The van der Waals surface area contributed by atoms with Crippen molar-refractivity contribution in [2.75, 3.05) is 13.9 Å². The summed E-state index contributed by atoms with van der Waals surface area (Å²) in [6, 6.07) is 8.64. The molecule has 4 saturated carbocycles. The molecule has 5 rings (SSSR count). The summed E-state index contributed by atoms with van der Waals surface area (Å²) < 4.78 is 11.4. The molecule has 4 aliphatic rings. The molecule has 0 aliphatic heterocycles. The summed E-state index contributed by atoms with van der Waals surface area (Å²) >= 11 is 0. The van der Waals surface area contributed by atoms with Gasteiger partial charge in [-0.25, -0.2) is 0 Å². The average molecular weight is 387 g/mol. The van der Waals surface area contributed by atoms with E-state index in [4.69, 9.17) is 9.47 Å². The predicted octanol–water partition coefficient (Wildman–Crippen LogP) is 5.85. The Morgan fingerprint density at radius 3 is 2.22 bits per heavy atom. The molecule has 0 heterocycles. The second kappa shape index (κ2) is 7.55. The molecule has 4 bridgehead atoms. The second-order valence-corrected chi connectivity index (χ2v) is 15.3. The van der Waals surface area contributed by atoms with Crippen molar-refractivity contribution >= 4 is 13.3 Å². The lowest BCUT2D eigenvalue weighted by atomic mass is 9.48. The lowest BCUT2D eigenvalue weighted by Crippen LogP contribution is -2.49. The first kappa shape index (κ1) is 19.5. The molecule has 0 amide bonds. The fourth-order valence-electron chi connectivity index (χ4n) is 6.82. The van der Waals surface area contributed by atoms with E-state index in [1.807, 2.05) is 0 Å². The van der Waals surface area contributed by atoms with Gasteiger partial charge in [0.25, 0.3) is 0 Å². The van der Waals surface area contributed by atoms with Crippen LogP contribution in [-0.4, -0.2) is 22.0 Å². The monoisotopic (exact) mass is 386 g/mol. The largest absolute Gasteiger partial charge is 0.467 e. The van der Waals surface area contributed by atoms with Gasteiger partial charge in [0.2, 0.25) is 0 Å². The summed E-state index contributed by atoms with van der Waals surface area (Å²) in [4.78, 5) is 0. The van der Waals surface area contributed by atoms with Gasteiger partial charge in [0.1, 0.15) is 5.75 Å². The summed E-state index contributed by atoms with van der Waals surface area (Å²) in [6.07, 6.45) is 11.3. The van der Waals surface area contributed by atoms with Crippen LogP contribution in [0.4, 0.5) is 0 Å². The molecule has 150 valence electrons. The van der Waals surface area contributed by atoms with E-state index in [1.54, 1.807) is 12.3 Å². The smallest absolute Gasteiger partial charge is 0.188 e. The molecule has 0 saturated heterocycles. The first-order chi connectivity index (χ1) is 13.0. The van der Waals surface area contributed by atoms with E-state index in [9.17, 15) is 0 Å². The molecule has 0 atom stereocenters. The molecule has 4 aliphatic carbocycles. The Labute approximate surface area is 167 Å². The summed E-state index contributed by atoms with van der Waals surface area (Å²) in [5, 5.41) is 1.63. The molecule has 27 heavy (non-hydrogen) atoms. The van der Waals surface area contributed by atoms with Gasteiger partial charge in [0.15, 0.2) is 6.79 Å². The highest BCUT2D eigenvalue weighted by molar-refractivity contribution is 6.89. The number of rotatable bonds is 8. The maximum atomic E-state index is 6.12. The molecule has 2 nitrogen and oxygen atoms in total. The van der Waals surface area contributed by atoms with Crippen molar-refractivity contribution in [3.63, 3.8) is 0 Å². The van der Waals surface area contributed by atoms with Crippen LogP contribution >= 0.6 is 0 Å². The van der Waals surface area contributed by atoms with E-state index in [0.717, 1.165) is 23.5 Å². The van der Waals surface area contributed by atoms with E-state index >= 15 is 0 Å². The maximum absolute atomic E-state index is 6.12. The molecule has 0 N–H and O–H groups in total. The summed E-state index contributed by atoms with van der Waals surface area (Å²) in [5.74, 6) is 3.98. The minimum atomic E-state index is -1.39. The van der Waals surface area contributed by atoms with Crippen molar-refractivity contribution in [1.82, 2.24) is 0 Å². The summed E-state index contributed by atoms with van der Waals surface area (Å²) in [5.41, 5.74) is 1.91. The Hall–Kier alpha value is -0.803. The number of ether oxygens (including phenoxy) is 2. The van der Waals surface area contributed by atoms with E-state index in [1.165, 1.54) is 63.0 Å². The molecular formula is C24H38O2Si. The number of hydrogen-bond acceptors (Lipinski definition) is 2. The zero-order valence-electron chi connectivity index (χ0n) is 17.9. The molecule has 0 aromatic heterocycles. The van der Waals surface area contributed by atoms with Gasteiger partial charge >= 0.3 is 0 Å². The van der Waals surface area contributed by atoms with E-state index in [2.05, 4.69) is 38.2 Å². The van der Waals surface area contributed by atoms with Crippen LogP contribution in [-0.2, 0) is 10.2 Å². The number of unbranched alkanes of at least 4 members (excludes halogenated alkanes) is 1. The third kappa shape index (κ3) is 3.74. The van der Waals surface area contributed by atoms with Crippen LogP contribution in [0.15, 0.2) is 18.2 Å². The van der Waals surface area contributed by atoms with Crippen molar-refractivity contribution in [1.29, 1.82) is 0 Å².